The smallest absolute Gasteiger partial charge is 0.280 e. The first-order chi connectivity index (χ1) is 29.5. The Bertz CT molecular complexity index is 2040. The minimum atomic E-state index is -0.377. The predicted octanol–water partition coefficient (Wildman–Crippen LogP) is 6.44. The van der Waals surface area contributed by atoms with Crippen LogP contribution in [0, 0.1) is 53.3 Å². The Hall–Kier alpha value is -5.05. The van der Waals surface area contributed by atoms with Gasteiger partial charge in [0, 0.05) is 58.3 Å². The lowest BCUT2D eigenvalue weighted by Gasteiger charge is -2.33. The number of carbonyl (C=O) groups is 1. The van der Waals surface area contributed by atoms with E-state index in [0.29, 0.717) is 44.0 Å². The molecule has 4 saturated carbocycles. The topological polar surface area (TPSA) is 162 Å². The molecule has 13 heteroatoms. The van der Waals surface area contributed by atoms with Crippen LogP contribution in [0.5, 0.6) is 0 Å². The number of nitrogens with zero attached hydrogens (tertiary/aromatic N) is 6. The highest BCUT2D eigenvalue weighted by molar-refractivity contribution is 6.63. The molecule has 0 atom stereocenters. The van der Waals surface area contributed by atoms with Gasteiger partial charge in [0.15, 0.2) is 24.1 Å². The molecule has 2 aromatic carbocycles. The van der Waals surface area contributed by atoms with Gasteiger partial charge >= 0.3 is 0 Å². The minimum Gasteiger partial charge on any atom is -0.350 e. The van der Waals surface area contributed by atoms with E-state index in [1.807, 2.05) is 75.2 Å². The van der Waals surface area contributed by atoms with E-state index in [2.05, 4.69) is 57.7 Å². The number of ether oxygens (including phenoxy) is 4. The molecule has 1 amide bonds. The number of carbonyl (C=O) groups excluding carboxylic acids is 1. The zero-order valence-electron chi connectivity index (χ0n) is 36.9. The maximum Gasteiger partial charge on any atom is 0.280 e. The summed E-state index contributed by atoms with van der Waals surface area (Å²) in [5.74, 6) is 25.6. The monoisotopic (exact) mass is 832 g/mol. The molecule has 4 N–H and O–H groups in total. The van der Waals surface area contributed by atoms with E-state index in [1.54, 1.807) is 11.1 Å². The Balaban J connectivity index is 0.000000199. The first-order valence-electron chi connectivity index (χ1n) is 21.9. The second-order valence-corrected chi connectivity index (χ2v) is 17.4. The van der Waals surface area contributed by atoms with Crippen molar-refractivity contribution in [2.24, 2.45) is 54.5 Å². The van der Waals surface area contributed by atoms with Crippen LogP contribution in [-0.4, -0.2) is 95.1 Å². The Labute approximate surface area is 362 Å². The maximum absolute atomic E-state index is 13.3. The van der Waals surface area contributed by atoms with Crippen LogP contribution in [0.1, 0.15) is 95.8 Å². The molecular formula is C48H64N8O5. The number of aryl methyl sites for hydroxylation is 1. The summed E-state index contributed by atoms with van der Waals surface area (Å²) in [6, 6.07) is 14.2. The number of anilines is 2. The van der Waals surface area contributed by atoms with Crippen molar-refractivity contribution in [2.75, 3.05) is 56.4 Å². The molecule has 8 rings (SSSR count). The fourth-order valence-electron chi connectivity index (χ4n) is 6.49. The summed E-state index contributed by atoms with van der Waals surface area (Å²) in [5.41, 5.74) is 5.29. The molecule has 1 spiro atoms. The van der Waals surface area contributed by atoms with E-state index >= 15 is 0 Å². The highest BCUT2D eigenvalue weighted by atomic mass is 16.7. The third-order valence-electron chi connectivity index (χ3n) is 11.0. The molecule has 326 valence electrons. The van der Waals surface area contributed by atoms with Gasteiger partial charge in [-0.15, -0.1) is 0 Å². The van der Waals surface area contributed by atoms with Crippen molar-refractivity contribution in [2.45, 2.75) is 105 Å². The number of nitrogens with two attached hydrogens (primary N) is 2. The van der Waals surface area contributed by atoms with Gasteiger partial charge in [-0.25, -0.2) is 0 Å². The number of benzene rings is 2. The molecule has 0 unspecified atom stereocenters. The van der Waals surface area contributed by atoms with Crippen LogP contribution >= 0.6 is 0 Å². The summed E-state index contributed by atoms with van der Waals surface area (Å²) in [7, 11) is 1.90. The molecule has 0 aromatic heterocycles. The highest BCUT2D eigenvalue weighted by Crippen LogP contribution is 2.48. The molecule has 0 radical (unpaired) electrons. The van der Waals surface area contributed by atoms with Crippen LogP contribution in [0.3, 0.4) is 0 Å². The van der Waals surface area contributed by atoms with E-state index in [0.717, 1.165) is 54.1 Å². The minimum absolute atomic E-state index is 0.0551. The molecule has 6 fully saturated rings. The maximum atomic E-state index is 13.3. The van der Waals surface area contributed by atoms with Gasteiger partial charge in [0.1, 0.15) is 0 Å². The zero-order valence-corrected chi connectivity index (χ0v) is 36.9. The lowest BCUT2D eigenvalue weighted by atomic mass is 9.96. The van der Waals surface area contributed by atoms with Gasteiger partial charge in [-0.3, -0.25) is 14.8 Å². The summed E-state index contributed by atoms with van der Waals surface area (Å²) in [6.07, 6.45) is 11.6. The van der Waals surface area contributed by atoms with Crippen molar-refractivity contribution in [3.63, 3.8) is 0 Å². The zero-order chi connectivity index (χ0) is 43.4. The predicted molar refractivity (Wildman–Crippen MR) is 244 cm³/mol. The number of hydrogen-bond acceptors (Lipinski definition) is 11. The summed E-state index contributed by atoms with van der Waals surface area (Å²) < 4.78 is 22.9. The standard InChI is InChI=1S/C25H30N4O3.C21H28N4O2.C2H6/c1-17-12-19(5-4-18-2-3-18)6-9-22(17)29(20-7-8-20)24(30)21(28-26)13-27-14-23-31-15-25(10-11-25)16-32-23;1-21(2)14-26-20(27-15-21)13-23-12-19(24-22)25(3)18-10-8-17(9-11-18)7-6-16-4-5-16;1-2/h6,9,12-13,18,20,23H,2-3,7-8,10-11,14-16,26H2,1H3;8-12,16,20H,4-5,13-15,22H2,1-3H3;1-2H3/b27-13?,28-21+;23-12?,24-19+;. The number of hydrogen-bond donors (Lipinski definition) is 2. The number of hydrazone groups is 2. The first-order valence-corrected chi connectivity index (χ1v) is 21.9. The van der Waals surface area contributed by atoms with Crippen LogP contribution < -0.4 is 21.5 Å². The molecule has 2 aliphatic heterocycles. The van der Waals surface area contributed by atoms with Crippen molar-refractivity contribution in [1.82, 2.24) is 0 Å². The first kappa shape index (κ1) is 45.5. The van der Waals surface area contributed by atoms with E-state index in [1.165, 1.54) is 44.7 Å². The fourth-order valence-corrected chi connectivity index (χ4v) is 6.49. The normalized spacial score (nSPS) is 21.8. The lowest BCUT2D eigenvalue weighted by Crippen LogP contribution is -2.40. The lowest BCUT2D eigenvalue weighted by molar-refractivity contribution is -0.215. The van der Waals surface area contributed by atoms with Crippen molar-refractivity contribution in [1.29, 1.82) is 0 Å². The van der Waals surface area contributed by atoms with Gasteiger partial charge < -0.3 is 40.4 Å². The van der Waals surface area contributed by atoms with Crippen molar-refractivity contribution < 1.29 is 23.7 Å². The highest BCUT2D eigenvalue weighted by Gasteiger charge is 2.47. The number of rotatable bonds is 10. The summed E-state index contributed by atoms with van der Waals surface area (Å²) in [5, 5.41) is 7.58. The molecule has 0 bridgehead atoms. The molecule has 4 aliphatic carbocycles. The molecule has 2 saturated heterocycles. The molecule has 61 heavy (non-hydrogen) atoms. The van der Waals surface area contributed by atoms with Gasteiger partial charge in [-0.1, -0.05) is 51.4 Å². The van der Waals surface area contributed by atoms with Gasteiger partial charge in [0.2, 0.25) is 0 Å². The second kappa shape index (κ2) is 21.2. The quantitative estimate of drug-likeness (QED) is 0.0909. The van der Waals surface area contributed by atoms with E-state index < -0.39 is 0 Å². The third kappa shape index (κ3) is 13.7. The number of amides is 1. The average molecular weight is 833 g/mol. The number of aliphatic imine (C=N–C) groups is 2. The molecular weight excluding hydrogens is 769 g/mol. The Kier molecular flexibility index (Phi) is 15.8. The SMILES string of the molecule is CC.CN(/C(C=NCC1OCC(C)(C)CO1)=N/N)c1ccc(C#CC2CC2)cc1.Cc1cc(C#CC2CC2)ccc1N(C(=O)/C(C=NCC1OCC2(CC2)CO1)=N/N)C1CC1. The Morgan fingerprint density at radius 3 is 1.82 bits per heavy atom. The molecule has 2 heterocycles. The van der Waals surface area contributed by atoms with Crippen molar-refractivity contribution >= 4 is 41.3 Å². The molecule has 6 aliphatic rings. The molecule has 2 aromatic rings. The third-order valence-corrected chi connectivity index (χ3v) is 11.0. The second-order valence-electron chi connectivity index (χ2n) is 17.4. The average Bonchev–Trinajstić information content (AvgIpc) is 4.05. The van der Waals surface area contributed by atoms with Gasteiger partial charge in [0.25, 0.3) is 5.91 Å². The molecule has 13 nitrogen and oxygen atoms in total. The van der Waals surface area contributed by atoms with Crippen molar-refractivity contribution in [3.8, 4) is 23.7 Å². The van der Waals surface area contributed by atoms with Crippen LogP contribution in [0.15, 0.2) is 62.7 Å². The summed E-state index contributed by atoms with van der Waals surface area (Å²) in [4.78, 5) is 25.7. The van der Waals surface area contributed by atoms with E-state index in [9.17, 15) is 4.79 Å². The fraction of sp³-hybridized carbons (Fsp3) is 0.562. The summed E-state index contributed by atoms with van der Waals surface area (Å²) >= 11 is 0. The number of amidine groups is 1. The summed E-state index contributed by atoms with van der Waals surface area (Å²) in [6.45, 7) is 13.8. The van der Waals surface area contributed by atoms with Crippen LogP contribution in [0.25, 0.3) is 0 Å². The van der Waals surface area contributed by atoms with Crippen LogP contribution in [0.2, 0.25) is 0 Å². The van der Waals surface area contributed by atoms with Crippen LogP contribution in [0.4, 0.5) is 11.4 Å². The van der Waals surface area contributed by atoms with Gasteiger partial charge in [0.05, 0.1) is 51.9 Å². The van der Waals surface area contributed by atoms with E-state index in [-0.39, 0.29) is 41.1 Å². The van der Waals surface area contributed by atoms with E-state index in [4.69, 9.17) is 30.6 Å². The van der Waals surface area contributed by atoms with Gasteiger partial charge in [-0.05, 0) is 106 Å². The Morgan fingerprint density at radius 2 is 1.31 bits per heavy atom. The largest absolute Gasteiger partial charge is 0.350 e. The van der Waals surface area contributed by atoms with Crippen molar-refractivity contribution in [3.05, 3.63) is 59.2 Å². The van der Waals surface area contributed by atoms with Crippen LogP contribution in [-0.2, 0) is 23.7 Å². The van der Waals surface area contributed by atoms with Gasteiger partial charge in [-0.2, -0.15) is 10.2 Å². The Morgan fingerprint density at radius 1 is 0.770 bits per heavy atom.